The third-order valence-corrected chi connectivity index (χ3v) is 4.21. The lowest BCUT2D eigenvalue weighted by Crippen LogP contribution is -2.47. The van der Waals surface area contributed by atoms with Crippen LogP contribution in [0.5, 0.6) is 5.75 Å². The summed E-state index contributed by atoms with van der Waals surface area (Å²) in [6.45, 7) is 2.80. The van der Waals surface area contributed by atoms with Gasteiger partial charge in [0.15, 0.2) is 0 Å². The van der Waals surface area contributed by atoms with Gasteiger partial charge in [0.05, 0.1) is 19.8 Å². The Labute approximate surface area is 160 Å². The fourth-order valence-electron chi connectivity index (χ4n) is 2.81. The number of aliphatic hydroxyl groups is 1. The number of benzene rings is 1. The molecule has 11 heteroatoms. The molecule has 2 amide bonds. The van der Waals surface area contributed by atoms with E-state index in [1.807, 2.05) is 0 Å². The molecule has 2 heterocycles. The molecule has 1 atom stereocenters. The quantitative estimate of drug-likeness (QED) is 0.456. The summed E-state index contributed by atoms with van der Waals surface area (Å²) in [7, 11) is 0. The minimum Gasteiger partial charge on any atom is -0.508 e. The van der Waals surface area contributed by atoms with Crippen LogP contribution in [0.15, 0.2) is 30.9 Å². The van der Waals surface area contributed by atoms with E-state index in [9.17, 15) is 19.8 Å². The van der Waals surface area contributed by atoms with Gasteiger partial charge >= 0.3 is 0 Å². The number of rotatable bonds is 7. The van der Waals surface area contributed by atoms with Crippen molar-refractivity contribution in [2.24, 2.45) is 0 Å². The van der Waals surface area contributed by atoms with E-state index in [-0.39, 0.29) is 11.3 Å². The lowest BCUT2D eigenvalue weighted by molar-refractivity contribution is -0.119. The molecule has 0 radical (unpaired) electrons. The van der Waals surface area contributed by atoms with Crippen molar-refractivity contribution in [2.45, 2.75) is 12.6 Å². The molecule has 3 rings (SSSR count). The lowest BCUT2D eigenvalue weighted by Gasteiger charge is -2.26. The van der Waals surface area contributed by atoms with Crippen LogP contribution in [-0.4, -0.2) is 80.8 Å². The number of phenols is 1. The van der Waals surface area contributed by atoms with E-state index in [1.54, 1.807) is 12.1 Å². The first-order valence-electron chi connectivity index (χ1n) is 8.75. The Balaban J connectivity index is 1.65. The molecule has 1 aromatic carbocycles. The zero-order valence-corrected chi connectivity index (χ0v) is 15.1. The SMILES string of the molecule is O=C(N[C@@H](CO)C(=O)Nn1cnnc1)c1cc(O)cc(CN2CCOCC2)c1. The topological polar surface area (TPSA) is 142 Å². The number of morpholine rings is 1. The summed E-state index contributed by atoms with van der Waals surface area (Å²) in [5.41, 5.74) is 3.38. The smallest absolute Gasteiger partial charge is 0.263 e. The van der Waals surface area contributed by atoms with Gasteiger partial charge in [0, 0.05) is 25.2 Å². The van der Waals surface area contributed by atoms with Crippen LogP contribution in [0.2, 0.25) is 0 Å². The second-order valence-corrected chi connectivity index (χ2v) is 6.33. The van der Waals surface area contributed by atoms with Crippen molar-refractivity contribution in [3.63, 3.8) is 0 Å². The highest BCUT2D eigenvalue weighted by Crippen LogP contribution is 2.18. The molecule has 1 saturated heterocycles. The van der Waals surface area contributed by atoms with Crippen LogP contribution < -0.4 is 10.7 Å². The summed E-state index contributed by atoms with van der Waals surface area (Å²) in [5.74, 6) is -1.27. The number of carbonyl (C=O) groups excluding carboxylic acids is 2. The number of nitrogens with zero attached hydrogens (tertiary/aromatic N) is 4. The van der Waals surface area contributed by atoms with E-state index in [0.29, 0.717) is 19.8 Å². The van der Waals surface area contributed by atoms with Gasteiger partial charge in [-0.3, -0.25) is 19.9 Å². The van der Waals surface area contributed by atoms with Crippen molar-refractivity contribution in [2.75, 3.05) is 38.3 Å². The zero-order chi connectivity index (χ0) is 19.9. The summed E-state index contributed by atoms with van der Waals surface area (Å²) >= 11 is 0. The van der Waals surface area contributed by atoms with E-state index in [2.05, 4.69) is 25.8 Å². The zero-order valence-electron chi connectivity index (χ0n) is 15.1. The van der Waals surface area contributed by atoms with Gasteiger partial charge in [0.25, 0.3) is 11.8 Å². The Bertz CT molecular complexity index is 806. The van der Waals surface area contributed by atoms with E-state index < -0.39 is 24.5 Å². The number of amides is 2. The van der Waals surface area contributed by atoms with Crippen molar-refractivity contribution in [3.05, 3.63) is 42.0 Å². The third-order valence-electron chi connectivity index (χ3n) is 4.21. The molecule has 1 aliphatic rings. The Hall–Kier alpha value is -3.02. The number of aromatic nitrogens is 3. The van der Waals surface area contributed by atoms with Gasteiger partial charge in [-0.05, 0) is 23.8 Å². The number of phenolic OH excluding ortho intramolecular Hbond substituents is 1. The van der Waals surface area contributed by atoms with E-state index in [0.717, 1.165) is 18.7 Å². The molecule has 2 aromatic rings. The molecular weight excluding hydrogens is 368 g/mol. The Morgan fingerprint density at radius 1 is 1.18 bits per heavy atom. The standard InChI is InChI=1S/C17H22N6O5/c24-9-15(17(27)21-23-10-18-19-11-23)20-16(26)13-5-12(6-14(25)7-13)8-22-1-3-28-4-2-22/h5-7,10-11,15,24-25H,1-4,8-9H2,(H,20,26)(H,21,27)/t15-/m0/s1. The molecular formula is C17H22N6O5. The summed E-state index contributed by atoms with van der Waals surface area (Å²) in [6, 6.07) is 3.37. The normalized spacial score (nSPS) is 15.8. The molecule has 1 fully saturated rings. The fraction of sp³-hybridized carbons (Fsp3) is 0.412. The van der Waals surface area contributed by atoms with Crippen molar-refractivity contribution in [1.82, 2.24) is 25.1 Å². The van der Waals surface area contributed by atoms with Crippen LogP contribution in [0.4, 0.5) is 0 Å². The monoisotopic (exact) mass is 390 g/mol. The second-order valence-electron chi connectivity index (χ2n) is 6.33. The van der Waals surface area contributed by atoms with Gasteiger partial charge in [-0.15, -0.1) is 10.2 Å². The highest BCUT2D eigenvalue weighted by molar-refractivity contribution is 5.99. The predicted octanol–water partition coefficient (Wildman–Crippen LogP) is -1.32. The molecule has 0 spiro atoms. The van der Waals surface area contributed by atoms with Gasteiger partial charge in [-0.1, -0.05) is 0 Å². The first-order valence-corrected chi connectivity index (χ1v) is 8.75. The molecule has 0 bridgehead atoms. The molecule has 0 unspecified atom stereocenters. The van der Waals surface area contributed by atoms with Crippen molar-refractivity contribution in [3.8, 4) is 5.75 Å². The molecule has 1 aromatic heterocycles. The Kier molecular flexibility index (Phi) is 6.53. The van der Waals surface area contributed by atoms with E-state index in [4.69, 9.17) is 4.74 Å². The first kappa shape index (κ1) is 19.7. The summed E-state index contributed by atoms with van der Waals surface area (Å²) in [4.78, 5) is 26.9. The van der Waals surface area contributed by atoms with Gasteiger partial charge in [-0.2, -0.15) is 0 Å². The summed E-state index contributed by atoms with van der Waals surface area (Å²) in [6.07, 6.45) is 2.53. The minimum atomic E-state index is -1.18. The van der Waals surface area contributed by atoms with Crippen molar-refractivity contribution >= 4 is 11.8 Å². The predicted molar refractivity (Wildman–Crippen MR) is 96.9 cm³/mol. The second kappa shape index (κ2) is 9.26. The number of hydrogen-bond acceptors (Lipinski definition) is 8. The number of nitrogens with one attached hydrogen (secondary N) is 2. The highest BCUT2D eigenvalue weighted by Gasteiger charge is 2.22. The third kappa shape index (κ3) is 5.25. The maximum Gasteiger partial charge on any atom is 0.263 e. The fourth-order valence-corrected chi connectivity index (χ4v) is 2.81. The number of aromatic hydroxyl groups is 1. The molecule has 1 aliphatic heterocycles. The van der Waals surface area contributed by atoms with Gasteiger partial charge < -0.3 is 20.3 Å². The average molecular weight is 390 g/mol. The Morgan fingerprint density at radius 3 is 2.57 bits per heavy atom. The molecule has 0 aliphatic carbocycles. The van der Waals surface area contributed by atoms with Gasteiger partial charge in [-0.25, -0.2) is 4.68 Å². The maximum atomic E-state index is 12.5. The van der Waals surface area contributed by atoms with Crippen LogP contribution >= 0.6 is 0 Å². The molecule has 0 saturated carbocycles. The van der Waals surface area contributed by atoms with E-state index >= 15 is 0 Å². The number of ether oxygens (including phenoxy) is 1. The summed E-state index contributed by atoms with van der Waals surface area (Å²) in [5, 5.41) is 29.0. The maximum absolute atomic E-state index is 12.5. The van der Waals surface area contributed by atoms with Crippen molar-refractivity contribution in [1.29, 1.82) is 0 Å². The van der Waals surface area contributed by atoms with Crippen LogP contribution in [0, 0.1) is 0 Å². The van der Waals surface area contributed by atoms with Crippen LogP contribution in [-0.2, 0) is 16.1 Å². The van der Waals surface area contributed by atoms with Gasteiger partial charge in [0.1, 0.15) is 24.4 Å². The van der Waals surface area contributed by atoms with Crippen LogP contribution in [0.3, 0.4) is 0 Å². The molecule has 4 N–H and O–H groups in total. The number of carbonyl (C=O) groups is 2. The van der Waals surface area contributed by atoms with Crippen LogP contribution in [0.1, 0.15) is 15.9 Å². The Morgan fingerprint density at radius 2 is 1.89 bits per heavy atom. The lowest BCUT2D eigenvalue weighted by atomic mass is 10.1. The number of aliphatic hydroxyl groups excluding tert-OH is 1. The highest BCUT2D eigenvalue weighted by atomic mass is 16.5. The van der Waals surface area contributed by atoms with E-state index in [1.165, 1.54) is 23.4 Å². The van der Waals surface area contributed by atoms with Crippen molar-refractivity contribution < 1.29 is 24.5 Å². The largest absolute Gasteiger partial charge is 0.508 e. The minimum absolute atomic E-state index is 0.0506. The van der Waals surface area contributed by atoms with Crippen LogP contribution in [0.25, 0.3) is 0 Å². The van der Waals surface area contributed by atoms with Gasteiger partial charge in [0.2, 0.25) is 0 Å². The molecule has 11 nitrogen and oxygen atoms in total. The summed E-state index contributed by atoms with van der Waals surface area (Å²) < 4.78 is 6.51. The number of hydrogen-bond donors (Lipinski definition) is 4. The molecule has 28 heavy (non-hydrogen) atoms. The average Bonchev–Trinajstić information content (AvgIpc) is 3.19. The first-order chi connectivity index (χ1) is 13.5. The molecule has 150 valence electrons.